The second-order valence-electron chi connectivity index (χ2n) is 8.25. The number of hydrogen-bond donors (Lipinski definition) is 1. The first kappa shape index (κ1) is 25.7. The molecule has 0 saturated carbocycles. The largest absolute Gasteiger partial charge is 0.486 e. The number of aromatic nitrogens is 3. The normalized spacial score (nSPS) is 11.1. The van der Waals surface area contributed by atoms with Crippen LogP contribution in [0.1, 0.15) is 46.9 Å². The van der Waals surface area contributed by atoms with Crippen LogP contribution in [0.2, 0.25) is 0 Å². The number of thioether (sulfide) groups is 1. The lowest BCUT2D eigenvalue weighted by atomic mass is 10.1. The number of hydrogen-bond acceptors (Lipinski definition) is 6. The maximum atomic E-state index is 12.7. The summed E-state index contributed by atoms with van der Waals surface area (Å²) in [6.07, 6.45) is 0.967. The average molecular weight is 462 g/mol. The first-order valence-corrected chi connectivity index (χ1v) is 12.1. The second-order valence-corrected chi connectivity index (χ2v) is 9.20. The molecule has 0 spiro atoms. The van der Waals surface area contributed by atoms with Crippen molar-refractivity contribution in [1.82, 2.24) is 25.0 Å². The van der Waals surface area contributed by atoms with Gasteiger partial charge in [0.05, 0.1) is 12.3 Å². The van der Waals surface area contributed by atoms with Gasteiger partial charge < -0.3 is 19.5 Å². The molecule has 32 heavy (non-hydrogen) atoms. The highest BCUT2D eigenvalue weighted by atomic mass is 32.2. The fourth-order valence-electron chi connectivity index (χ4n) is 2.94. The van der Waals surface area contributed by atoms with Gasteiger partial charge in [-0.15, -0.1) is 10.2 Å². The van der Waals surface area contributed by atoms with E-state index < -0.39 is 0 Å². The third-order valence-electron chi connectivity index (χ3n) is 4.68. The fourth-order valence-corrected chi connectivity index (χ4v) is 3.83. The number of ether oxygens (including phenoxy) is 1. The minimum Gasteiger partial charge on any atom is -0.486 e. The second kappa shape index (κ2) is 13.1. The van der Waals surface area contributed by atoms with E-state index in [4.69, 9.17) is 4.74 Å². The van der Waals surface area contributed by atoms with Gasteiger partial charge in [0.25, 0.3) is 0 Å². The van der Waals surface area contributed by atoms with Crippen LogP contribution in [-0.2, 0) is 22.7 Å². The zero-order valence-electron chi connectivity index (χ0n) is 19.7. The van der Waals surface area contributed by atoms with Crippen molar-refractivity contribution >= 4 is 23.6 Å². The summed E-state index contributed by atoms with van der Waals surface area (Å²) in [6, 6.07) is 9.63. The van der Waals surface area contributed by atoms with Crippen LogP contribution in [0.25, 0.3) is 0 Å². The molecule has 8 nitrogen and oxygen atoms in total. The van der Waals surface area contributed by atoms with E-state index >= 15 is 0 Å². The highest BCUT2D eigenvalue weighted by Crippen LogP contribution is 2.20. The van der Waals surface area contributed by atoms with Crippen LogP contribution < -0.4 is 10.1 Å². The predicted octanol–water partition coefficient (Wildman–Crippen LogP) is 3.37. The first-order chi connectivity index (χ1) is 15.3. The topological polar surface area (TPSA) is 89.3 Å². The number of nitrogens with zero attached hydrogens (tertiary/aromatic N) is 4. The van der Waals surface area contributed by atoms with E-state index in [9.17, 15) is 9.59 Å². The lowest BCUT2D eigenvalue weighted by Crippen LogP contribution is -2.43. The molecule has 176 valence electrons. The molecule has 2 rings (SSSR count). The van der Waals surface area contributed by atoms with Crippen molar-refractivity contribution in [2.24, 2.45) is 5.92 Å². The highest BCUT2D eigenvalue weighted by Gasteiger charge is 2.19. The van der Waals surface area contributed by atoms with Gasteiger partial charge in [0, 0.05) is 19.1 Å². The summed E-state index contributed by atoms with van der Waals surface area (Å²) in [5.74, 6) is 1.97. The van der Waals surface area contributed by atoms with Crippen molar-refractivity contribution in [2.75, 3.05) is 18.8 Å². The van der Waals surface area contributed by atoms with E-state index in [2.05, 4.69) is 29.4 Å². The van der Waals surface area contributed by atoms with Crippen molar-refractivity contribution in [1.29, 1.82) is 0 Å². The predicted molar refractivity (Wildman–Crippen MR) is 127 cm³/mol. The number of benzene rings is 1. The average Bonchev–Trinajstić information content (AvgIpc) is 3.14. The van der Waals surface area contributed by atoms with Crippen LogP contribution in [0.15, 0.2) is 35.5 Å². The van der Waals surface area contributed by atoms with E-state index in [1.54, 1.807) is 4.90 Å². The Morgan fingerprint density at radius 1 is 1.16 bits per heavy atom. The molecule has 0 fully saturated rings. The van der Waals surface area contributed by atoms with Gasteiger partial charge in [-0.25, -0.2) is 0 Å². The summed E-state index contributed by atoms with van der Waals surface area (Å²) >= 11 is 1.34. The Morgan fingerprint density at radius 2 is 1.88 bits per heavy atom. The quantitative estimate of drug-likeness (QED) is 0.460. The number of carbonyl (C=O) groups is 2. The maximum Gasteiger partial charge on any atom is 0.239 e. The molecule has 0 aliphatic carbocycles. The van der Waals surface area contributed by atoms with Gasteiger partial charge in [-0.05, 0) is 45.2 Å². The summed E-state index contributed by atoms with van der Waals surface area (Å²) in [4.78, 5) is 26.3. The van der Waals surface area contributed by atoms with Gasteiger partial charge in [0.2, 0.25) is 11.8 Å². The van der Waals surface area contributed by atoms with Gasteiger partial charge in [-0.1, -0.05) is 43.8 Å². The molecule has 0 unspecified atom stereocenters. The van der Waals surface area contributed by atoms with Gasteiger partial charge in [0.1, 0.15) is 12.4 Å². The molecule has 2 amide bonds. The summed E-state index contributed by atoms with van der Waals surface area (Å²) < 4.78 is 7.89. The Bertz CT molecular complexity index is 855. The van der Waals surface area contributed by atoms with Gasteiger partial charge >= 0.3 is 0 Å². The molecule has 0 aliphatic heterocycles. The Hall–Kier alpha value is -2.55. The lowest BCUT2D eigenvalue weighted by molar-refractivity contribution is -0.134. The van der Waals surface area contributed by atoms with E-state index in [1.807, 2.05) is 55.7 Å². The minimum absolute atomic E-state index is 0.0433. The summed E-state index contributed by atoms with van der Waals surface area (Å²) in [5, 5.41) is 12.1. The molecular weight excluding hydrogens is 426 g/mol. The van der Waals surface area contributed by atoms with E-state index in [0.717, 1.165) is 24.5 Å². The molecule has 1 N–H and O–H groups in total. The van der Waals surface area contributed by atoms with Crippen LogP contribution in [0.4, 0.5) is 0 Å². The number of carbonyl (C=O) groups excluding carboxylic acids is 2. The zero-order valence-corrected chi connectivity index (χ0v) is 20.5. The standard InChI is InChI=1S/C23H35N5O3S/c1-6-27(14-21(29)24-18(4)5)22(30)16-32-23-26-25-20(28(23)13-12-17(2)3)15-31-19-10-8-7-9-11-19/h7-11,17-18H,6,12-16H2,1-5H3,(H,24,29). The van der Waals surface area contributed by atoms with Gasteiger partial charge in [-0.3, -0.25) is 9.59 Å². The molecule has 0 radical (unpaired) electrons. The van der Waals surface area contributed by atoms with Crippen molar-refractivity contribution in [3.8, 4) is 5.75 Å². The van der Waals surface area contributed by atoms with Crippen LogP contribution in [0.5, 0.6) is 5.75 Å². The van der Waals surface area contributed by atoms with Gasteiger partial charge in [-0.2, -0.15) is 0 Å². The maximum absolute atomic E-state index is 12.7. The number of para-hydroxylation sites is 1. The van der Waals surface area contributed by atoms with Gasteiger partial charge in [0.15, 0.2) is 11.0 Å². The van der Waals surface area contributed by atoms with E-state index in [-0.39, 0.29) is 30.2 Å². The Labute approximate surface area is 195 Å². The molecule has 0 bridgehead atoms. The molecule has 0 atom stereocenters. The highest BCUT2D eigenvalue weighted by molar-refractivity contribution is 7.99. The van der Waals surface area contributed by atoms with E-state index in [1.165, 1.54) is 11.8 Å². The number of likely N-dealkylation sites (N-methyl/N-ethyl adjacent to an activating group) is 1. The van der Waals surface area contributed by atoms with Crippen LogP contribution in [-0.4, -0.2) is 56.4 Å². The fraction of sp³-hybridized carbons (Fsp3) is 0.565. The zero-order chi connectivity index (χ0) is 23.5. The molecular formula is C23H35N5O3S. The van der Waals surface area contributed by atoms with Crippen molar-refractivity contribution < 1.29 is 14.3 Å². The Balaban J connectivity index is 2.02. The van der Waals surface area contributed by atoms with Crippen LogP contribution in [0, 0.1) is 5.92 Å². The summed E-state index contributed by atoms with van der Waals surface area (Å²) in [7, 11) is 0. The third-order valence-corrected chi connectivity index (χ3v) is 5.63. The minimum atomic E-state index is -0.152. The van der Waals surface area contributed by atoms with Crippen LogP contribution in [0.3, 0.4) is 0 Å². The Kier molecular flexibility index (Phi) is 10.5. The number of amides is 2. The van der Waals surface area contributed by atoms with Crippen LogP contribution >= 0.6 is 11.8 Å². The summed E-state index contributed by atoms with van der Waals surface area (Å²) in [5.41, 5.74) is 0. The number of rotatable bonds is 13. The Morgan fingerprint density at radius 3 is 2.50 bits per heavy atom. The van der Waals surface area contributed by atoms with Crippen molar-refractivity contribution in [2.45, 2.75) is 65.4 Å². The molecule has 0 aliphatic rings. The molecule has 1 heterocycles. The van der Waals surface area contributed by atoms with Crippen molar-refractivity contribution in [3.63, 3.8) is 0 Å². The SMILES string of the molecule is CCN(CC(=O)NC(C)C)C(=O)CSc1nnc(COc2ccccc2)n1CCC(C)C. The van der Waals surface area contributed by atoms with Crippen molar-refractivity contribution in [3.05, 3.63) is 36.2 Å². The third kappa shape index (κ3) is 8.53. The number of nitrogens with one attached hydrogen (secondary N) is 1. The molecule has 2 aromatic rings. The lowest BCUT2D eigenvalue weighted by Gasteiger charge is -2.21. The monoisotopic (exact) mass is 461 g/mol. The molecule has 9 heteroatoms. The summed E-state index contributed by atoms with van der Waals surface area (Å²) in [6.45, 7) is 11.6. The first-order valence-electron chi connectivity index (χ1n) is 11.1. The van der Waals surface area contributed by atoms with E-state index in [0.29, 0.717) is 24.2 Å². The molecule has 1 aromatic carbocycles. The molecule has 0 saturated heterocycles. The molecule has 1 aromatic heterocycles. The smallest absolute Gasteiger partial charge is 0.239 e.